The highest BCUT2D eigenvalue weighted by Crippen LogP contribution is 2.38. The molecule has 102 valence electrons. The largest absolute Gasteiger partial charge is 0.329 e. The molecule has 0 bridgehead atoms. The average Bonchev–Trinajstić information content (AvgIpc) is 2.80. The number of aromatic nitrogens is 2. The first-order valence-electron chi connectivity index (χ1n) is 6.14. The van der Waals surface area contributed by atoms with E-state index in [4.69, 9.17) is 5.73 Å². The predicted molar refractivity (Wildman–Crippen MR) is 68.4 cm³/mol. The molecule has 1 aliphatic carbocycles. The van der Waals surface area contributed by atoms with Crippen molar-refractivity contribution in [3.63, 3.8) is 0 Å². The summed E-state index contributed by atoms with van der Waals surface area (Å²) in [6.45, 7) is 3.70. The van der Waals surface area contributed by atoms with E-state index in [0.717, 1.165) is 6.42 Å². The van der Waals surface area contributed by atoms with Crippen LogP contribution in [0.25, 0.3) is 0 Å². The summed E-state index contributed by atoms with van der Waals surface area (Å²) in [5.74, 6) is 1.14. The molecule has 0 aromatic carbocycles. The molecule has 2 N–H and O–H groups in total. The lowest BCUT2D eigenvalue weighted by molar-refractivity contribution is 0.444. The van der Waals surface area contributed by atoms with E-state index in [9.17, 15) is 8.42 Å². The highest BCUT2D eigenvalue weighted by Gasteiger charge is 2.36. The van der Waals surface area contributed by atoms with Crippen LogP contribution in [0.5, 0.6) is 0 Å². The standard InChI is InChI=1S/C11H20N4O2S/c1-9-5-10(9)7-14(2)18(16,17)11-6-13-15(8-11)4-3-12/h6,8-10H,3-5,7,12H2,1-2H3. The molecular formula is C11H20N4O2S. The highest BCUT2D eigenvalue weighted by atomic mass is 32.2. The zero-order chi connectivity index (χ0) is 13.3. The summed E-state index contributed by atoms with van der Waals surface area (Å²) in [7, 11) is -1.78. The van der Waals surface area contributed by atoms with Crippen molar-refractivity contribution in [1.29, 1.82) is 0 Å². The highest BCUT2D eigenvalue weighted by molar-refractivity contribution is 7.89. The van der Waals surface area contributed by atoms with Crippen molar-refractivity contribution in [3.8, 4) is 0 Å². The maximum atomic E-state index is 12.3. The summed E-state index contributed by atoms with van der Waals surface area (Å²) < 4.78 is 27.5. The van der Waals surface area contributed by atoms with Gasteiger partial charge in [0.1, 0.15) is 4.90 Å². The van der Waals surface area contributed by atoms with Crippen LogP contribution in [0, 0.1) is 11.8 Å². The first-order valence-corrected chi connectivity index (χ1v) is 7.58. The number of hydrogen-bond donors (Lipinski definition) is 1. The minimum absolute atomic E-state index is 0.242. The SMILES string of the molecule is CC1CC1CN(C)S(=O)(=O)c1cnn(CCN)c1. The monoisotopic (exact) mass is 272 g/mol. The molecule has 1 fully saturated rings. The zero-order valence-electron chi connectivity index (χ0n) is 10.8. The van der Waals surface area contributed by atoms with Crippen LogP contribution in [0.15, 0.2) is 17.3 Å². The lowest BCUT2D eigenvalue weighted by atomic mass is 10.3. The van der Waals surface area contributed by atoms with Crippen molar-refractivity contribution < 1.29 is 8.42 Å². The average molecular weight is 272 g/mol. The van der Waals surface area contributed by atoms with Gasteiger partial charge in [-0.1, -0.05) is 6.92 Å². The Kier molecular flexibility index (Phi) is 3.74. The van der Waals surface area contributed by atoms with Gasteiger partial charge in [-0.05, 0) is 18.3 Å². The first kappa shape index (κ1) is 13.5. The van der Waals surface area contributed by atoms with E-state index in [1.807, 2.05) is 0 Å². The van der Waals surface area contributed by atoms with Gasteiger partial charge in [0, 0.05) is 26.3 Å². The number of rotatable bonds is 6. The summed E-state index contributed by atoms with van der Waals surface area (Å²) in [6.07, 6.45) is 4.04. The van der Waals surface area contributed by atoms with Gasteiger partial charge in [0.15, 0.2) is 0 Å². The predicted octanol–water partition coefficient (Wildman–Crippen LogP) is 0.118. The molecule has 1 heterocycles. The minimum atomic E-state index is -3.41. The summed E-state index contributed by atoms with van der Waals surface area (Å²) in [5, 5.41) is 4.00. The maximum Gasteiger partial charge on any atom is 0.245 e. The van der Waals surface area contributed by atoms with Crippen LogP contribution in [0.2, 0.25) is 0 Å². The van der Waals surface area contributed by atoms with Crippen molar-refractivity contribution in [2.24, 2.45) is 17.6 Å². The van der Waals surface area contributed by atoms with Crippen LogP contribution in [0.3, 0.4) is 0 Å². The van der Waals surface area contributed by atoms with E-state index in [-0.39, 0.29) is 4.90 Å². The van der Waals surface area contributed by atoms with Gasteiger partial charge >= 0.3 is 0 Å². The van der Waals surface area contributed by atoms with Crippen LogP contribution < -0.4 is 5.73 Å². The topological polar surface area (TPSA) is 81.2 Å². The second-order valence-electron chi connectivity index (χ2n) is 4.99. The Morgan fingerprint density at radius 1 is 1.61 bits per heavy atom. The third-order valence-corrected chi connectivity index (χ3v) is 5.22. The smallest absolute Gasteiger partial charge is 0.245 e. The van der Waals surface area contributed by atoms with Gasteiger partial charge in [-0.15, -0.1) is 0 Å². The fraction of sp³-hybridized carbons (Fsp3) is 0.727. The summed E-state index contributed by atoms with van der Waals surface area (Å²) in [5.41, 5.74) is 5.41. The van der Waals surface area contributed by atoms with E-state index in [0.29, 0.717) is 31.5 Å². The van der Waals surface area contributed by atoms with E-state index in [1.165, 1.54) is 16.7 Å². The molecule has 0 radical (unpaired) electrons. The molecule has 1 aliphatic rings. The van der Waals surface area contributed by atoms with Crippen LogP contribution in [-0.4, -0.2) is 42.6 Å². The molecule has 1 saturated carbocycles. The van der Waals surface area contributed by atoms with Crippen LogP contribution >= 0.6 is 0 Å². The Morgan fingerprint density at radius 3 is 2.83 bits per heavy atom. The fourth-order valence-corrected chi connectivity index (χ4v) is 3.18. The molecule has 2 atom stereocenters. The van der Waals surface area contributed by atoms with Crippen molar-refractivity contribution >= 4 is 10.0 Å². The molecule has 7 heteroatoms. The van der Waals surface area contributed by atoms with Gasteiger partial charge in [0.05, 0.1) is 12.7 Å². The summed E-state index contributed by atoms with van der Waals surface area (Å²) >= 11 is 0. The second kappa shape index (κ2) is 4.99. The number of nitrogens with two attached hydrogens (primary N) is 1. The number of nitrogens with zero attached hydrogens (tertiary/aromatic N) is 3. The molecule has 2 rings (SSSR count). The molecule has 0 spiro atoms. The van der Waals surface area contributed by atoms with Crippen LogP contribution in [0.1, 0.15) is 13.3 Å². The Hall–Kier alpha value is -0.920. The van der Waals surface area contributed by atoms with Crippen molar-refractivity contribution in [1.82, 2.24) is 14.1 Å². The van der Waals surface area contributed by atoms with Crippen LogP contribution in [-0.2, 0) is 16.6 Å². The summed E-state index contributed by atoms with van der Waals surface area (Å²) in [6, 6.07) is 0. The molecule has 0 aliphatic heterocycles. The quantitative estimate of drug-likeness (QED) is 0.797. The first-order chi connectivity index (χ1) is 8.45. The third-order valence-electron chi connectivity index (χ3n) is 3.44. The third kappa shape index (κ3) is 2.73. The normalized spacial score (nSPS) is 23.6. The van der Waals surface area contributed by atoms with E-state index in [2.05, 4.69) is 12.0 Å². The summed E-state index contributed by atoms with van der Waals surface area (Å²) in [4.78, 5) is 0.242. The molecule has 1 aromatic heterocycles. The van der Waals surface area contributed by atoms with Gasteiger partial charge in [0.2, 0.25) is 10.0 Å². The molecule has 6 nitrogen and oxygen atoms in total. The van der Waals surface area contributed by atoms with Crippen molar-refractivity contribution in [2.75, 3.05) is 20.1 Å². The van der Waals surface area contributed by atoms with Crippen molar-refractivity contribution in [2.45, 2.75) is 24.8 Å². The molecular weight excluding hydrogens is 252 g/mol. The van der Waals surface area contributed by atoms with Gasteiger partial charge in [-0.2, -0.15) is 5.10 Å². The van der Waals surface area contributed by atoms with Gasteiger partial charge in [-0.3, -0.25) is 4.68 Å². The Labute approximate surface area is 108 Å². The fourth-order valence-electron chi connectivity index (χ4n) is 1.99. The molecule has 1 aromatic rings. The number of hydrogen-bond acceptors (Lipinski definition) is 4. The van der Waals surface area contributed by atoms with Gasteiger partial charge in [-0.25, -0.2) is 12.7 Å². The molecule has 2 unspecified atom stereocenters. The minimum Gasteiger partial charge on any atom is -0.329 e. The lowest BCUT2D eigenvalue weighted by Gasteiger charge is -2.15. The Morgan fingerprint density at radius 2 is 2.28 bits per heavy atom. The molecule has 0 saturated heterocycles. The molecule has 18 heavy (non-hydrogen) atoms. The van der Waals surface area contributed by atoms with Crippen molar-refractivity contribution in [3.05, 3.63) is 12.4 Å². The number of sulfonamides is 1. The van der Waals surface area contributed by atoms with E-state index >= 15 is 0 Å². The Bertz CT molecular complexity index is 511. The molecule has 0 amide bonds. The lowest BCUT2D eigenvalue weighted by Crippen LogP contribution is -2.29. The Balaban J connectivity index is 2.08. The van der Waals surface area contributed by atoms with Gasteiger partial charge < -0.3 is 5.73 Å². The van der Waals surface area contributed by atoms with E-state index in [1.54, 1.807) is 11.7 Å². The van der Waals surface area contributed by atoms with Gasteiger partial charge in [0.25, 0.3) is 0 Å². The second-order valence-corrected chi connectivity index (χ2v) is 7.03. The maximum absolute atomic E-state index is 12.3. The zero-order valence-corrected chi connectivity index (χ0v) is 11.6. The van der Waals surface area contributed by atoms with Crippen LogP contribution in [0.4, 0.5) is 0 Å². The van der Waals surface area contributed by atoms with E-state index < -0.39 is 10.0 Å².